The Morgan fingerprint density at radius 1 is 0.905 bits per heavy atom. The highest BCUT2D eigenvalue weighted by Gasteiger charge is 2.16. The molecule has 0 amide bonds. The first-order valence-corrected chi connectivity index (χ1v) is 6.55. The van der Waals surface area contributed by atoms with Crippen LogP contribution in [0.4, 0.5) is 17.6 Å². The second-order valence-electron chi connectivity index (χ2n) is 4.83. The Labute approximate surface area is 120 Å². The van der Waals surface area contributed by atoms with Gasteiger partial charge in [-0.2, -0.15) is 0 Å². The van der Waals surface area contributed by atoms with Crippen molar-refractivity contribution in [3.8, 4) is 0 Å². The van der Waals surface area contributed by atoms with Gasteiger partial charge in [-0.1, -0.05) is 12.1 Å². The molecule has 1 atom stereocenters. The quantitative estimate of drug-likeness (QED) is 0.831. The maximum Gasteiger partial charge on any atom is 0.129 e. The first-order chi connectivity index (χ1) is 10.0. The normalized spacial score (nSPS) is 12.4. The number of rotatable bonds is 5. The van der Waals surface area contributed by atoms with Crippen molar-refractivity contribution >= 4 is 0 Å². The smallest absolute Gasteiger partial charge is 0.129 e. The highest BCUT2D eigenvalue weighted by molar-refractivity contribution is 5.23. The van der Waals surface area contributed by atoms with Gasteiger partial charge in [0.05, 0.1) is 0 Å². The van der Waals surface area contributed by atoms with E-state index in [1.165, 1.54) is 24.3 Å². The van der Waals surface area contributed by atoms with Gasteiger partial charge in [0.15, 0.2) is 0 Å². The summed E-state index contributed by atoms with van der Waals surface area (Å²) in [5, 5.41) is 2.90. The molecule has 0 radical (unpaired) electrons. The van der Waals surface area contributed by atoms with Gasteiger partial charge in [-0.15, -0.1) is 0 Å². The summed E-state index contributed by atoms with van der Waals surface area (Å²) in [4.78, 5) is 0. The molecule has 0 aliphatic carbocycles. The van der Waals surface area contributed by atoms with E-state index in [2.05, 4.69) is 5.32 Å². The van der Waals surface area contributed by atoms with Crippen molar-refractivity contribution in [2.75, 3.05) is 7.05 Å². The molecule has 2 aromatic rings. The first kappa shape index (κ1) is 15.5. The fourth-order valence-electron chi connectivity index (χ4n) is 2.20. The second kappa shape index (κ2) is 6.72. The van der Waals surface area contributed by atoms with E-state index in [9.17, 15) is 17.6 Å². The number of benzene rings is 2. The molecule has 1 nitrogen and oxygen atoms in total. The summed E-state index contributed by atoms with van der Waals surface area (Å²) in [7, 11) is 1.63. The molecular weight excluding hydrogens is 282 g/mol. The predicted octanol–water partition coefficient (Wildman–Crippen LogP) is 3.62. The van der Waals surface area contributed by atoms with Crippen molar-refractivity contribution in [1.82, 2.24) is 5.32 Å². The van der Waals surface area contributed by atoms with Crippen LogP contribution in [0.25, 0.3) is 0 Å². The SMILES string of the molecule is CNC(Cc1ccc(F)cc1F)Cc1c(F)cccc1F. The van der Waals surface area contributed by atoms with Gasteiger partial charge in [-0.05, 0) is 43.7 Å². The number of likely N-dealkylation sites (N-methyl/N-ethyl adjacent to an activating group) is 1. The summed E-state index contributed by atoms with van der Waals surface area (Å²) in [5.41, 5.74) is 0.256. The Kier molecular flexibility index (Phi) is 4.96. The van der Waals surface area contributed by atoms with Crippen LogP contribution in [0.1, 0.15) is 11.1 Å². The average Bonchev–Trinajstić information content (AvgIpc) is 2.44. The van der Waals surface area contributed by atoms with Crippen molar-refractivity contribution < 1.29 is 17.6 Å². The topological polar surface area (TPSA) is 12.0 Å². The van der Waals surface area contributed by atoms with Gasteiger partial charge in [-0.3, -0.25) is 0 Å². The van der Waals surface area contributed by atoms with Gasteiger partial charge >= 0.3 is 0 Å². The summed E-state index contributed by atoms with van der Waals surface area (Å²) in [6, 6.07) is 6.60. The lowest BCUT2D eigenvalue weighted by atomic mass is 9.98. The van der Waals surface area contributed by atoms with Crippen LogP contribution in [0.15, 0.2) is 36.4 Å². The molecule has 0 spiro atoms. The fraction of sp³-hybridized carbons (Fsp3) is 0.250. The largest absolute Gasteiger partial charge is 0.316 e. The van der Waals surface area contributed by atoms with Gasteiger partial charge in [0.2, 0.25) is 0 Å². The van der Waals surface area contributed by atoms with Crippen LogP contribution in [0.5, 0.6) is 0 Å². The van der Waals surface area contributed by atoms with Crippen LogP contribution >= 0.6 is 0 Å². The highest BCUT2D eigenvalue weighted by Crippen LogP contribution is 2.17. The molecule has 1 N–H and O–H groups in total. The van der Waals surface area contributed by atoms with E-state index in [1.807, 2.05) is 0 Å². The Morgan fingerprint density at radius 2 is 1.57 bits per heavy atom. The maximum atomic E-state index is 13.6. The molecule has 0 aromatic heterocycles. The third-order valence-corrected chi connectivity index (χ3v) is 3.40. The van der Waals surface area contributed by atoms with Crippen LogP contribution in [0, 0.1) is 23.3 Å². The zero-order chi connectivity index (χ0) is 15.4. The summed E-state index contributed by atoms with van der Waals surface area (Å²) >= 11 is 0. The summed E-state index contributed by atoms with van der Waals surface area (Å²) in [5.74, 6) is -2.58. The van der Waals surface area contributed by atoms with Crippen molar-refractivity contribution in [2.24, 2.45) is 0 Å². The van der Waals surface area contributed by atoms with Crippen LogP contribution in [-0.2, 0) is 12.8 Å². The molecule has 0 bridgehead atoms. The monoisotopic (exact) mass is 297 g/mol. The zero-order valence-electron chi connectivity index (χ0n) is 11.5. The number of nitrogens with one attached hydrogen (secondary N) is 1. The number of hydrogen-bond donors (Lipinski definition) is 1. The van der Waals surface area contributed by atoms with E-state index >= 15 is 0 Å². The third kappa shape index (κ3) is 3.82. The van der Waals surface area contributed by atoms with Crippen LogP contribution in [0.3, 0.4) is 0 Å². The molecule has 0 fully saturated rings. The molecule has 0 saturated carbocycles. The lowest BCUT2D eigenvalue weighted by Gasteiger charge is -2.17. The van der Waals surface area contributed by atoms with E-state index < -0.39 is 23.3 Å². The first-order valence-electron chi connectivity index (χ1n) is 6.55. The molecule has 0 aliphatic heterocycles. The molecule has 21 heavy (non-hydrogen) atoms. The number of halogens is 4. The third-order valence-electron chi connectivity index (χ3n) is 3.40. The Hall–Kier alpha value is -1.88. The zero-order valence-corrected chi connectivity index (χ0v) is 11.5. The minimum atomic E-state index is -0.663. The lowest BCUT2D eigenvalue weighted by molar-refractivity contribution is 0.492. The summed E-state index contributed by atoms with van der Waals surface area (Å²) in [6.45, 7) is 0. The minimum absolute atomic E-state index is 0.0423. The minimum Gasteiger partial charge on any atom is -0.316 e. The Bertz CT molecular complexity index is 607. The molecule has 0 aliphatic rings. The number of hydrogen-bond acceptors (Lipinski definition) is 1. The maximum absolute atomic E-state index is 13.6. The molecule has 5 heteroatoms. The standard InChI is InChI=1S/C16H15F4N/c1-21-12(7-10-5-6-11(17)8-16(10)20)9-13-14(18)3-2-4-15(13)19/h2-6,8,12,21H,7,9H2,1H3. The molecule has 112 valence electrons. The van der Waals surface area contributed by atoms with Crippen LogP contribution in [0.2, 0.25) is 0 Å². The second-order valence-corrected chi connectivity index (χ2v) is 4.83. The van der Waals surface area contributed by atoms with E-state index in [0.29, 0.717) is 5.56 Å². The van der Waals surface area contributed by atoms with Crippen LogP contribution in [-0.4, -0.2) is 13.1 Å². The van der Waals surface area contributed by atoms with Gasteiger partial charge in [0.1, 0.15) is 23.3 Å². The van der Waals surface area contributed by atoms with E-state index in [4.69, 9.17) is 0 Å². The van der Waals surface area contributed by atoms with Gasteiger partial charge in [0, 0.05) is 17.7 Å². The highest BCUT2D eigenvalue weighted by atomic mass is 19.1. The van der Waals surface area contributed by atoms with Gasteiger partial charge in [-0.25, -0.2) is 17.6 Å². The van der Waals surface area contributed by atoms with E-state index in [-0.39, 0.29) is 24.4 Å². The van der Waals surface area contributed by atoms with Crippen molar-refractivity contribution in [3.63, 3.8) is 0 Å². The molecule has 0 saturated heterocycles. The Balaban J connectivity index is 2.17. The van der Waals surface area contributed by atoms with Crippen molar-refractivity contribution in [1.29, 1.82) is 0 Å². The average molecular weight is 297 g/mol. The fourth-order valence-corrected chi connectivity index (χ4v) is 2.20. The van der Waals surface area contributed by atoms with Crippen molar-refractivity contribution in [2.45, 2.75) is 18.9 Å². The van der Waals surface area contributed by atoms with E-state index in [0.717, 1.165) is 12.1 Å². The van der Waals surface area contributed by atoms with E-state index in [1.54, 1.807) is 7.05 Å². The lowest BCUT2D eigenvalue weighted by Crippen LogP contribution is -2.31. The van der Waals surface area contributed by atoms with Crippen LogP contribution < -0.4 is 5.32 Å². The molecule has 2 aromatic carbocycles. The summed E-state index contributed by atoms with van der Waals surface area (Å²) in [6.07, 6.45) is 0.280. The molecule has 0 heterocycles. The summed E-state index contributed by atoms with van der Waals surface area (Å²) < 4.78 is 53.7. The Morgan fingerprint density at radius 3 is 2.14 bits per heavy atom. The predicted molar refractivity (Wildman–Crippen MR) is 73.0 cm³/mol. The van der Waals surface area contributed by atoms with Gasteiger partial charge in [0.25, 0.3) is 0 Å². The van der Waals surface area contributed by atoms with Crippen molar-refractivity contribution in [3.05, 3.63) is 70.8 Å². The van der Waals surface area contributed by atoms with Gasteiger partial charge < -0.3 is 5.32 Å². The molecular formula is C16H15F4N. The molecule has 1 unspecified atom stereocenters. The molecule has 2 rings (SSSR count).